The summed E-state index contributed by atoms with van der Waals surface area (Å²) in [6.07, 6.45) is 0. The summed E-state index contributed by atoms with van der Waals surface area (Å²) in [7, 11) is -3.50. The molecule has 0 heterocycles. The zero-order valence-electron chi connectivity index (χ0n) is 10.2. The van der Waals surface area contributed by atoms with Crippen molar-refractivity contribution in [1.82, 2.24) is 0 Å². The van der Waals surface area contributed by atoms with Crippen molar-refractivity contribution in [2.24, 2.45) is 0 Å². The van der Waals surface area contributed by atoms with E-state index in [2.05, 4.69) is 0 Å². The molecule has 0 spiro atoms. The Hall–Kier alpha value is -1.54. The van der Waals surface area contributed by atoms with Gasteiger partial charge in [-0.25, -0.2) is 8.42 Å². The van der Waals surface area contributed by atoms with Crippen LogP contribution in [0.2, 0.25) is 10.0 Å². The lowest BCUT2D eigenvalue weighted by Crippen LogP contribution is -2.05. The molecule has 3 nitrogen and oxygen atoms in total. The highest BCUT2D eigenvalue weighted by molar-refractivity contribution is 7.90. The standard InChI is InChI=1S/C14H9Cl2NO2S/c15-13-6-5-12(7-14(13)16)20(18,19)9-11-3-1-10(8-17)2-4-11/h1-7H,9H2. The number of halogens is 2. The Labute approximate surface area is 127 Å². The van der Waals surface area contributed by atoms with Crippen LogP contribution < -0.4 is 0 Å². The van der Waals surface area contributed by atoms with E-state index in [1.54, 1.807) is 24.3 Å². The SMILES string of the molecule is N#Cc1ccc(CS(=O)(=O)c2ccc(Cl)c(Cl)c2)cc1. The highest BCUT2D eigenvalue weighted by Crippen LogP contribution is 2.26. The highest BCUT2D eigenvalue weighted by Gasteiger charge is 2.16. The summed E-state index contributed by atoms with van der Waals surface area (Å²) < 4.78 is 24.5. The number of nitriles is 1. The average Bonchev–Trinajstić information content (AvgIpc) is 2.42. The molecule has 0 atom stereocenters. The van der Waals surface area contributed by atoms with Crippen molar-refractivity contribution in [1.29, 1.82) is 5.26 Å². The molecule has 2 aromatic rings. The van der Waals surface area contributed by atoms with Gasteiger partial charge in [-0.2, -0.15) is 5.26 Å². The maximum Gasteiger partial charge on any atom is 0.182 e. The van der Waals surface area contributed by atoms with E-state index in [0.29, 0.717) is 16.1 Å². The molecule has 0 fully saturated rings. The summed E-state index contributed by atoms with van der Waals surface area (Å²) in [6.45, 7) is 0. The second kappa shape index (κ2) is 5.84. The van der Waals surface area contributed by atoms with Crippen LogP contribution in [0.25, 0.3) is 0 Å². The molecule has 0 unspecified atom stereocenters. The molecule has 2 rings (SSSR count). The largest absolute Gasteiger partial charge is 0.223 e. The lowest BCUT2D eigenvalue weighted by Gasteiger charge is -2.06. The Morgan fingerprint density at radius 2 is 1.65 bits per heavy atom. The normalized spacial score (nSPS) is 11.1. The van der Waals surface area contributed by atoms with Gasteiger partial charge in [-0.1, -0.05) is 35.3 Å². The first kappa shape index (κ1) is 14.9. The van der Waals surface area contributed by atoms with E-state index in [1.807, 2.05) is 6.07 Å². The average molecular weight is 326 g/mol. The summed E-state index contributed by atoms with van der Waals surface area (Å²) in [5.74, 6) is -0.156. The van der Waals surface area contributed by atoms with Crippen LogP contribution in [0.4, 0.5) is 0 Å². The van der Waals surface area contributed by atoms with Crippen molar-refractivity contribution >= 4 is 33.0 Å². The monoisotopic (exact) mass is 325 g/mol. The van der Waals surface area contributed by atoms with Gasteiger partial charge >= 0.3 is 0 Å². The van der Waals surface area contributed by atoms with Crippen molar-refractivity contribution in [3.63, 3.8) is 0 Å². The molecule has 0 amide bonds. The van der Waals surface area contributed by atoms with Gasteiger partial charge in [0.25, 0.3) is 0 Å². The van der Waals surface area contributed by atoms with Gasteiger partial charge in [-0.3, -0.25) is 0 Å². The van der Waals surface area contributed by atoms with Crippen LogP contribution in [0.5, 0.6) is 0 Å². The summed E-state index contributed by atoms with van der Waals surface area (Å²) >= 11 is 11.6. The summed E-state index contributed by atoms with van der Waals surface area (Å²) in [5, 5.41) is 9.21. The first-order valence-corrected chi connectivity index (χ1v) is 8.00. The molecule has 0 radical (unpaired) electrons. The van der Waals surface area contributed by atoms with Crippen molar-refractivity contribution < 1.29 is 8.42 Å². The number of hydrogen-bond donors (Lipinski definition) is 0. The Bertz CT molecular complexity index is 778. The molecule has 0 saturated heterocycles. The molecular weight excluding hydrogens is 317 g/mol. The van der Waals surface area contributed by atoms with Crippen LogP contribution in [-0.4, -0.2) is 8.42 Å². The predicted octanol–water partition coefficient (Wildman–Crippen LogP) is 3.84. The van der Waals surface area contributed by atoms with Gasteiger partial charge in [0.2, 0.25) is 0 Å². The van der Waals surface area contributed by atoms with Crippen LogP contribution >= 0.6 is 23.2 Å². The highest BCUT2D eigenvalue weighted by atomic mass is 35.5. The lowest BCUT2D eigenvalue weighted by molar-refractivity contribution is 0.595. The predicted molar refractivity (Wildman–Crippen MR) is 78.5 cm³/mol. The van der Waals surface area contributed by atoms with E-state index in [9.17, 15) is 8.42 Å². The van der Waals surface area contributed by atoms with E-state index >= 15 is 0 Å². The van der Waals surface area contributed by atoms with Crippen LogP contribution in [0.1, 0.15) is 11.1 Å². The third kappa shape index (κ3) is 3.31. The van der Waals surface area contributed by atoms with Gasteiger partial charge in [-0.15, -0.1) is 0 Å². The van der Waals surface area contributed by atoms with Gasteiger partial charge in [0.15, 0.2) is 9.84 Å². The summed E-state index contributed by atoms with van der Waals surface area (Å²) in [6, 6.07) is 12.6. The zero-order valence-corrected chi connectivity index (χ0v) is 12.5. The second-order valence-electron chi connectivity index (χ2n) is 4.14. The Morgan fingerprint density at radius 1 is 1.00 bits per heavy atom. The fourth-order valence-corrected chi connectivity index (χ4v) is 3.38. The van der Waals surface area contributed by atoms with Gasteiger partial charge in [-0.05, 0) is 35.9 Å². The summed E-state index contributed by atoms with van der Waals surface area (Å²) in [5.41, 5.74) is 1.09. The molecular formula is C14H9Cl2NO2S. The Morgan fingerprint density at radius 3 is 2.20 bits per heavy atom. The lowest BCUT2D eigenvalue weighted by atomic mass is 10.2. The van der Waals surface area contributed by atoms with Gasteiger partial charge in [0, 0.05) is 0 Å². The third-order valence-electron chi connectivity index (χ3n) is 2.69. The topological polar surface area (TPSA) is 57.9 Å². The minimum atomic E-state index is -3.50. The van der Waals surface area contributed by atoms with Crippen molar-refractivity contribution in [2.75, 3.05) is 0 Å². The van der Waals surface area contributed by atoms with E-state index in [-0.39, 0.29) is 15.7 Å². The molecule has 0 aliphatic rings. The first-order chi connectivity index (χ1) is 9.42. The number of benzene rings is 2. The molecule has 0 aliphatic carbocycles. The van der Waals surface area contributed by atoms with Crippen molar-refractivity contribution in [3.05, 3.63) is 63.6 Å². The molecule has 0 aliphatic heterocycles. The molecule has 0 N–H and O–H groups in total. The summed E-state index contributed by atoms with van der Waals surface area (Å²) in [4.78, 5) is 0.122. The quantitative estimate of drug-likeness (QED) is 0.861. The van der Waals surface area contributed by atoms with E-state index < -0.39 is 9.84 Å². The molecule has 0 bridgehead atoms. The van der Waals surface area contributed by atoms with E-state index in [4.69, 9.17) is 28.5 Å². The maximum atomic E-state index is 12.3. The molecule has 102 valence electrons. The van der Waals surface area contributed by atoms with E-state index in [0.717, 1.165) is 0 Å². The minimum absolute atomic E-state index is 0.122. The third-order valence-corrected chi connectivity index (χ3v) is 5.11. The Balaban J connectivity index is 2.30. The molecule has 0 aromatic heterocycles. The Kier molecular flexibility index (Phi) is 4.34. The van der Waals surface area contributed by atoms with Crippen LogP contribution in [0, 0.1) is 11.3 Å². The molecule has 20 heavy (non-hydrogen) atoms. The molecule has 6 heteroatoms. The smallest absolute Gasteiger partial charge is 0.182 e. The van der Waals surface area contributed by atoms with Crippen LogP contribution in [-0.2, 0) is 15.6 Å². The van der Waals surface area contributed by atoms with Crippen molar-refractivity contribution in [3.8, 4) is 6.07 Å². The molecule has 0 saturated carbocycles. The van der Waals surface area contributed by atoms with Gasteiger partial charge in [0.1, 0.15) is 0 Å². The van der Waals surface area contributed by atoms with Crippen molar-refractivity contribution in [2.45, 2.75) is 10.6 Å². The van der Waals surface area contributed by atoms with Crippen LogP contribution in [0.15, 0.2) is 47.4 Å². The number of sulfone groups is 1. The van der Waals surface area contributed by atoms with E-state index in [1.165, 1.54) is 18.2 Å². The number of nitrogens with zero attached hydrogens (tertiary/aromatic N) is 1. The van der Waals surface area contributed by atoms with Crippen LogP contribution in [0.3, 0.4) is 0 Å². The maximum absolute atomic E-state index is 12.3. The number of rotatable bonds is 3. The first-order valence-electron chi connectivity index (χ1n) is 5.59. The fraction of sp³-hybridized carbons (Fsp3) is 0.0714. The molecule has 2 aromatic carbocycles. The number of hydrogen-bond acceptors (Lipinski definition) is 3. The van der Waals surface area contributed by atoms with Gasteiger partial charge < -0.3 is 0 Å². The second-order valence-corrected chi connectivity index (χ2v) is 6.95. The van der Waals surface area contributed by atoms with Gasteiger partial charge in [0.05, 0.1) is 32.3 Å². The fourth-order valence-electron chi connectivity index (χ4n) is 1.65. The zero-order chi connectivity index (χ0) is 14.8. The minimum Gasteiger partial charge on any atom is -0.223 e.